The molecule has 0 saturated carbocycles. The second-order valence-corrected chi connectivity index (χ2v) is 6.23. The summed E-state index contributed by atoms with van der Waals surface area (Å²) in [5.41, 5.74) is 5.82. The molecule has 1 atom stereocenters. The smallest absolute Gasteiger partial charge is 0.134 e. The Hall–Kier alpha value is -1.81. The molecule has 1 heterocycles. The van der Waals surface area contributed by atoms with Crippen LogP contribution in [-0.4, -0.2) is 24.2 Å². The third kappa shape index (κ3) is 3.64. The van der Waals surface area contributed by atoms with E-state index in [0.29, 0.717) is 12.5 Å². The quantitative estimate of drug-likeness (QED) is 0.854. The molecule has 0 aliphatic carbocycles. The lowest BCUT2D eigenvalue weighted by Crippen LogP contribution is -2.43. The zero-order valence-electron chi connectivity index (χ0n) is 13.3. The van der Waals surface area contributed by atoms with Gasteiger partial charge < -0.3 is 15.8 Å². The average Bonchev–Trinajstić information content (AvgIpc) is 2.46. The Morgan fingerprint density at radius 2 is 2.10 bits per heavy atom. The molecule has 2 rings (SSSR count). The first-order valence-corrected chi connectivity index (χ1v) is 7.38. The minimum atomic E-state index is -0.168. The second kappa shape index (κ2) is 6.31. The van der Waals surface area contributed by atoms with Gasteiger partial charge in [0.25, 0.3) is 0 Å². The van der Waals surface area contributed by atoms with Crippen LogP contribution in [0.3, 0.4) is 0 Å². The van der Waals surface area contributed by atoms with Gasteiger partial charge in [-0.25, -0.2) is 4.98 Å². The Bertz CT molecular complexity index is 612. The number of ether oxygens (including phenoxy) is 1. The highest BCUT2D eigenvalue weighted by molar-refractivity contribution is 5.93. The Balaban J connectivity index is 2.41. The number of nitrogens with two attached hydrogens (primary N) is 1. The fraction of sp³-hybridized carbons (Fsp3) is 0.471. The minimum absolute atomic E-state index is 0.168. The summed E-state index contributed by atoms with van der Waals surface area (Å²) < 4.78 is 5.32. The Kier molecular flexibility index (Phi) is 4.68. The third-order valence-electron chi connectivity index (χ3n) is 3.70. The SMILES string of the molecule is COc1ccc2ccnc(NC(C)(CN)CC(C)C)c2c1. The first kappa shape index (κ1) is 15.6. The van der Waals surface area contributed by atoms with Crippen LogP contribution >= 0.6 is 0 Å². The number of anilines is 1. The van der Waals surface area contributed by atoms with E-state index in [0.717, 1.165) is 28.8 Å². The molecular weight excluding hydrogens is 262 g/mol. The van der Waals surface area contributed by atoms with E-state index in [4.69, 9.17) is 10.5 Å². The molecule has 114 valence electrons. The van der Waals surface area contributed by atoms with Gasteiger partial charge in [-0.2, -0.15) is 0 Å². The summed E-state index contributed by atoms with van der Waals surface area (Å²) >= 11 is 0. The van der Waals surface area contributed by atoms with Gasteiger partial charge in [-0.3, -0.25) is 0 Å². The van der Waals surface area contributed by atoms with Crippen molar-refractivity contribution in [1.29, 1.82) is 0 Å². The van der Waals surface area contributed by atoms with Gasteiger partial charge in [0.1, 0.15) is 11.6 Å². The van der Waals surface area contributed by atoms with Crippen LogP contribution in [0.4, 0.5) is 5.82 Å². The molecule has 0 saturated heterocycles. The molecule has 4 nitrogen and oxygen atoms in total. The molecule has 1 aromatic carbocycles. The maximum Gasteiger partial charge on any atom is 0.134 e. The van der Waals surface area contributed by atoms with Gasteiger partial charge in [0.05, 0.1) is 7.11 Å². The lowest BCUT2D eigenvalue weighted by atomic mass is 9.90. The van der Waals surface area contributed by atoms with Crippen molar-refractivity contribution in [3.05, 3.63) is 30.5 Å². The number of aromatic nitrogens is 1. The van der Waals surface area contributed by atoms with Crippen LogP contribution in [0.1, 0.15) is 27.2 Å². The predicted octanol–water partition coefficient (Wildman–Crippen LogP) is 3.42. The van der Waals surface area contributed by atoms with E-state index in [1.165, 1.54) is 0 Å². The number of nitrogens with zero attached hydrogens (tertiary/aromatic N) is 1. The van der Waals surface area contributed by atoms with Crippen LogP contribution in [0.25, 0.3) is 10.8 Å². The standard InChI is InChI=1S/C17H25N3O/c1-12(2)10-17(3,11-18)20-16-15-9-14(21-4)6-5-13(15)7-8-19-16/h5-9,12H,10-11,18H2,1-4H3,(H,19,20). The zero-order valence-corrected chi connectivity index (χ0v) is 13.3. The van der Waals surface area contributed by atoms with Crippen molar-refractivity contribution in [2.75, 3.05) is 19.0 Å². The molecule has 0 amide bonds. The van der Waals surface area contributed by atoms with E-state index in [1.807, 2.05) is 30.5 Å². The minimum Gasteiger partial charge on any atom is -0.497 e. The number of fused-ring (bicyclic) bond motifs is 1. The number of hydrogen-bond donors (Lipinski definition) is 2. The Labute approximate surface area is 126 Å². The normalized spacial score (nSPS) is 14.2. The van der Waals surface area contributed by atoms with E-state index < -0.39 is 0 Å². The fourth-order valence-corrected chi connectivity index (χ4v) is 2.75. The maximum absolute atomic E-state index is 5.99. The van der Waals surface area contributed by atoms with E-state index >= 15 is 0 Å². The Morgan fingerprint density at radius 1 is 1.33 bits per heavy atom. The van der Waals surface area contributed by atoms with Gasteiger partial charge in [0.15, 0.2) is 0 Å². The third-order valence-corrected chi connectivity index (χ3v) is 3.70. The second-order valence-electron chi connectivity index (χ2n) is 6.23. The summed E-state index contributed by atoms with van der Waals surface area (Å²) in [7, 11) is 1.67. The molecule has 0 bridgehead atoms. The summed E-state index contributed by atoms with van der Waals surface area (Å²) in [6, 6.07) is 8.02. The summed E-state index contributed by atoms with van der Waals surface area (Å²) in [5.74, 6) is 2.26. The molecule has 4 heteroatoms. The van der Waals surface area contributed by atoms with E-state index in [-0.39, 0.29) is 5.54 Å². The lowest BCUT2D eigenvalue weighted by molar-refractivity contribution is 0.406. The summed E-state index contributed by atoms with van der Waals surface area (Å²) in [6.45, 7) is 7.12. The molecule has 0 aliphatic heterocycles. The first-order valence-electron chi connectivity index (χ1n) is 7.38. The highest BCUT2D eigenvalue weighted by Crippen LogP contribution is 2.29. The topological polar surface area (TPSA) is 60.2 Å². The summed E-state index contributed by atoms with van der Waals surface area (Å²) in [5, 5.41) is 5.73. The lowest BCUT2D eigenvalue weighted by Gasteiger charge is -2.32. The Morgan fingerprint density at radius 3 is 2.71 bits per heavy atom. The van der Waals surface area contributed by atoms with Crippen molar-refractivity contribution in [2.24, 2.45) is 11.7 Å². The molecule has 0 fully saturated rings. The van der Waals surface area contributed by atoms with Crippen LogP contribution in [-0.2, 0) is 0 Å². The average molecular weight is 287 g/mol. The van der Waals surface area contributed by atoms with Gasteiger partial charge in [-0.15, -0.1) is 0 Å². The van der Waals surface area contributed by atoms with Gasteiger partial charge in [-0.1, -0.05) is 19.9 Å². The highest BCUT2D eigenvalue weighted by Gasteiger charge is 2.24. The van der Waals surface area contributed by atoms with Crippen LogP contribution in [0.5, 0.6) is 5.75 Å². The maximum atomic E-state index is 5.99. The van der Waals surface area contributed by atoms with Crippen LogP contribution in [0.2, 0.25) is 0 Å². The molecule has 0 spiro atoms. The molecule has 1 aromatic heterocycles. The number of nitrogens with one attached hydrogen (secondary N) is 1. The molecule has 0 radical (unpaired) electrons. The molecule has 1 unspecified atom stereocenters. The van der Waals surface area contributed by atoms with Crippen molar-refractivity contribution in [3.63, 3.8) is 0 Å². The number of benzene rings is 1. The van der Waals surface area contributed by atoms with E-state index in [9.17, 15) is 0 Å². The van der Waals surface area contributed by atoms with Crippen molar-refractivity contribution in [1.82, 2.24) is 4.98 Å². The van der Waals surface area contributed by atoms with Gasteiger partial charge in [0.2, 0.25) is 0 Å². The van der Waals surface area contributed by atoms with Crippen molar-refractivity contribution in [2.45, 2.75) is 32.7 Å². The highest BCUT2D eigenvalue weighted by atomic mass is 16.5. The van der Waals surface area contributed by atoms with E-state index in [2.05, 4.69) is 31.1 Å². The summed E-state index contributed by atoms with van der Waals surface area (Å²) in [6.07, 6.45) is 2.81. The number of methoxy groups -OCH3 is 1. The van der Waals surface area contributed by atoms with Gasteiger partial charge in [-0.05, 0) is 42.8 Å². The predicted molar refractivity (Wildman–Crippen MR) is 88.8 cm³/mol. The van der Waals surface area contributed by atoms with Crippen LogP contribution < -0.4 is 15.8 Å². The molecule has 0 aliphatic rings. The monoisotopic (exact) mass is 287 g/mol. The molecule has 21 heavy (non-hydrogen) atoms. The number of hydrogen-bond acceptors (Lipinski definition) is 4. The first-order chi connectivity index (χ1) is 9.97. The largest absolute Gasteiger partial charge is 0.497 e. The van der Waals surface area contributed by atoms with Crippen molar-refractivity contribution in [3.8, 4) is 5.75 Å². The van der Waals surface area contributed by atoms with Crippen LogP contribution in [0, 0.1) is 5.92 Å². The summed E-state index contributed by atoms with van der Waals surface area (Å²) in [4.78, 5) is 4.50. The number of pyridine rings is 1. The van der Waals surface area contributed by atoms with Crippen molar-refractivity contribution < 1.29 is 4.74 Å². The van der Waals surface area contributed by atoms with Gasteiger partial charge in [0, 0.05) is 23.7 Å². The zero-order chi connectivity index (χ0) is 15.5. The molecule has 2 aromatic rings. The molecule has 3 N–H and O–H groups in total. The van der Waals surface area contributed by atoms with Crippen molar-refractivity contribution >= 4 is 16.6 Å². The fourth-order valence-electron chi connectivity index (χ4n) is 2.75. The van der Waals surface area contributed by atoms with Crippen LogP contribution in [0.15, 0.2) is 30.5 Å². The number of rotatable bonds is 6. The molecular formula is C17H25N3O. The van der Waals surface area contributed by atoms with Gasteiger partial charge >= 0.3 is 0 Å². The van der Waals surface area contributed by atoms with E-state index in [1.54, 1.807) is 7.11 Å².